The first-order chi connectivity index (χ1) is 10.2. The molecule has 4 heteroatoms. The lowest BCUT2D eigenvalue weighted by molar-refractivity contribution is 0.113. The highest BCUT2D eigenvalue weighted by atomic mass is 16.3. The van der Waals surface area contributed by atoms with Crippen molar-refractivity contribution in [2.45, 2.75) is 56.5 Å². The Kier molecular flexibility index (Phi) is 2.88. The minimum Gasteiger partial charge on any atom is -0.508 e. The second kappa shape index (κ2) is 4.65. The average molecular weight is 286 g/mol. The summed E-state index contributed by atoms with van der Waals surface area (Å²) in [5, 5.41) is 9.44. The summed E-state index contributed by atoms with van der Waals surface area (Å²) in [7, 11) is 0. The molecule has 3 fully saturated rings. The SMILES string of the molecule is O=C1N(c2ccc(O)cc2)CC2(CCCCC2)N1C1CC1. The molecule has 0 radical (unpaired) electrons. The van der Waals surface area contributed by atoms with Crippen LogP contribution in [0.3, 0.4) is 0 Å². The number of phenols is 1. The smallest absolute Gasteiger partial charge is 0.325 e. The van der Waals surface area contributed by atoms with E-state index in [-0.39, 0.29) is 17.3 Å². The Balaban J connectivity index is 1.67. The molecule has 2 aliphatic carbocycles. The molecular formula is C17H22N2O2. The van der Waals surface area contributed by atoms with E-state index in [0.29, 0.717) is 6.04 Å². The molecule has 0 bridgehead atoms. The lowest BCUT2D eigenvalue weighted by Crippen LogP contribution is -2.49. The van der Waals surface area contributed by atoms with Gasteiger partial charge in [-0.25, -0.2) is 4.79 Å². The summed E-state index contributed by atoms with van der Waals surface area (Å²) < 4.78 is 0. The van der Waals surface area contributed by atoms with Crippen LogP contribution < -0.4 is 4.90 Å². The Morgan fingerprint density at radius 3 is 2.33 bits per heavy atom. The van der Waals surface area contributed by atoms with Crippen LogP contribution in [0.15, 0.2) is 24.3 Å². The van der Waals surface area contributed by atoms with Gasteiger partial charge in [-0.1, -0.05) is 19.3 Å². The predicted molar refractivity (Wildman–Crippen MR) is 81.5 cm³/mol. The fraction of sp³-hybridized carbons (Fsp3) is 0.588. The second-order valence-corrected chi connectivity index (χ2v) is 6.77. The molecule has 1 aromatic rings. The number of rotatable bonds is 2. The molecule has 3 aliphatic rings. The predicted octanol–water partition coefficient (Wildman–Crippen LogP) is 3.50. The largest absolute Gasteiger partial charge is 0.508 e. The van der Waals surface area contributed by atoms with Gasteiger partial charge in [0.25, 0.3) is 0 Å². The average Bonchev–Trinajstić information content (AvgIpc) is 3.28. The molecular weight excluding hydrogens is 264 g/mol. The van der Waals surface area contributed by atoms with E-state index in [9.17, 15) is 9.90 Å². The highest BCUT2D eigenvalue weighted by Crippen LogP contribution is 2.46. The first-order valence-electron chi connectivity index (χ1n) is 8.10. The van der Waals surface area contributed by atoms with Crippen molar-refractivity contribution in [1.29, 1.82) is 0 Å². The quantitative estimate of drug-likeness (QED) is 0.904. The number of carbonyl (C=O) groups excluding carboxylic acids is 1. The molecule has 1 N–H and O–H groups in total. The first-order valence-corrected chi connectivity index (χ1v) is 8.10. The number of urea groups is 1. The van der Waals surface area contributed by atoms with E-state index in [1.54, 1.807) is 12.1 Å². The maximum absolute atomic E-state index is 12.9. The zero-order valence-corrected chi connectivity index (χ0v) is 12.3. The van der Waals surface area contributed by atoms with E-state index >= 15 is 0 Å². The highest BCUT2D eigenvalue weighted by molar-refractivity contribution is 5.96. The minimum absolute atomic E-state index is 0.0639. The van der Waals surface area contributed by atoms with E-state index in [1.807, 2.05) is 17.0 Å². The summed E-state index contributed by atoms with van der Waals surface area (Å²) >= 11 is 0. The standard InChI is InChI=1S/C17H22N2O2/c20-15-8-6-13(7-9-15)18-12-17(10-2-1-3-11-17)19(16(18)21)14-4-5-14/h6-9,14,20H,1-5,10-12H2. The Bertz CT molecular complexity index is 544. The van der Waals surface area contributed by atoms with Crippen LogP contribution in [0.1, 0.15) is 44.9 Å². The number of phenolic OH excluding ortho intramolecular Hbond substituents is 1. The maximum Gasteiger partial charge on any atom is 0.325 e. The maximum atomic E-state index is 12.9. The molecule has 112 valence electrons. The van der Waals surface area contributed by atoms with Crippen molar-refractivity contribution < 1.29 is 9.90 Å². The molecule has 21 heavy (non-hydrogen) atoms. The van der Waals surface area contributed by atoms with Crippen molar-refractivity contribution >= 4 is 11.7 Å². The number of aromatic hydroxyl groups is 1. The summed E-state index contributed by atoms with van der Waals surface area (Å²) in [5.74, 6) is 0.247. The van der Waals surface area contributed by atoms with Gasteiger partial charge in [-0.2, -0.15) is 0 Å². The van der Waals surface area contributed by atoms with Crippen LogP contribution in [-0.4, -0.2) is 34.2 Å². The number of benzene rings is 1. The molecule has 4 nitrogen and oxygen atoms in total. The van der Waals surface area contributed by atoms with Gasteiger partial charge < -0.3 is 10.0 Å². The lowest BCUT2D eigenvalue weighted by atomic mass is 9.81. The van der Waals surface area contributed by atoms with Gasteiger partial charge in [0.2, 0.25) is 0 Å². The number of hydrogen-bond acceptors (Lipinski definition) is 2. The van der Waals surface area contributed by atoms with E-state index in [4.69, 9.17) is 0 Å². The molecule has 0 aromatic heterocycles. The van der Waals surface area contributed by atoms with E-state index in [0.717, 1.165) is 37.9 Å². The van der Waals surface area contributed by atoms with E-state index in [1.165, 1.54) is 19.3 Å². The van der Waals surface area contributed by atoms with Crippen LogP contribution in [0.25, 0.3) is 0 Å². The molecule has 1 aliphatic heterocycles. The molecule has 0 atom stereocenters. The van der Waals surface area contributed by atoms with Crippen molar-refractivity contribution in [2.24, 2.45) is 0 Å². The van der Waals surface area contributed by atoms with E-state index in [2.05, 4.69) is 4.90 Å². The van der Waals surface area contributed by atoms with Gasteiger partial charge in [-0.3, -0.25) is 4.90 Å². The highest BCUT2D eigenvalue weighted by Gasteiger charge is 2.54. The number of anilines is 1. The van der Waals surface area contributed by atoms with Crippen molar-refractivity contribution in [3.8, 4) is 5.75 Å². The van der Waals surface area contributed by atoms with Crippen LogP contribution in [-0.2, 0) is 0 Å². The van der Waals surface area contributed by atoms with Gasteiger partial charge >= 0.3 is 6.03 Å². The Morgan fingerprint density at radius 1 is 1.05 bits per heavy atom. The third kappa shape index (κ3) is 2.08. The zero-order valence-electron chi connectivity index (χ0n) is 12.3. The van der Waals surface area contributed by atoms with Crippen molar-refractivity contribution in [3.05, 3.63) is 24.3 Å². The molecule has 2 saturated carbocycles. The van der Waals surface area contributed by atoms with Crippen LogP contribution >= 0.6 is 0 Å². The first kappa shape index (κ1) is 13.0. The molecule has 1 aromatic carbocycles. The fourth-order valence-corrected chi connectivity index (χ4v) is 4.09. The Hall–Kier alpha value is -1.71. The molecule has 0 unspecified atom stereocenters. The van der Waals surface area contributed by atoms with Gasteiger partial charge in [0, 0.05) is 11.7 Å². The Labute approximate surface area is 125 Å². The number of hydrogen-bond donors (Lipinski definition) is 1. The van der Waals surface area contributed by atoms with Crippen LogP contribution in [0.2, 0.25) is 0 Å². The molecule has 4 rings (SSSR count). The van der Waals surface area contributed by atoms with Gasteiger partial charge in [-0.15, -0.1) is 0 Å². The summed E-state index contributed by atoms with van der Waals surface area (Å²) in [6, 6.07) is 7.66. The number of amides is 2. The van der Waals surface area contributed by atoms with Crippen LogP contribution in [0.5, 0.6) is 5.75 Å². The van der Waals surface area contributed by atoms with E-state index < -0.39 is 0 Å². The van der Waals surface area contributed by atoms with Gasteiger partial charge in [0.15, 0.2) is 0 Å². The number of nitrogens with zero attached hydrogens (tertiary/aromatic N) is 2. The molecule has 1 spiro atoms. The number of carbonyl (C=O) groups is 1. The van der Waals surface area contributed by atoms with Gasteiger partial charge in [-0.05, 0) is 49.9 Å². The van der Waals surface area contributed by atoms with Crippen LogP contribution in [0.4, 0.5) is 10.5 Å². The van der Waals surface area contributed by atoms with Crippen molar-refractivity contribution in [3.63, 3.8) is 0 Å². The van der Waals surface area contributed by atoms with Gasteiger partial charge in [0.1, 0.15) is 5.75 Å². The normalized spacial score (nSPS) is 24.9. The van der Waals surface area contributed by atoms with Crippen LogP contribution in [0, 0.1) is 0 Å². The monoisotopic (exact) mass is 286 g/mol. The second-order valence-electron chi connectivity index (χ2n) is 6.77. The zero-order chi connectivity index (χ0) is 14.4. The van der Waals surface area contributed by atoms with Gasteiger partial charge in [0.05, 0.1) is 12.1 Å². The molecule has 2 amide bonds. The summed E-state index contributed by atoms with van der Waals surface area (Å²) in [6.07, 6.45) is 8.38. The topological polar surface area (TPSA) is 43.8 Å². The lowest BCUT2D eigenvalue weighted by Gasteiger charge is -2.40. The third-order valence-corrected chi connectivity index (χ3v) is 5.26. The summed E-state index contributed by atoms with van der Waals surface area (Å²) in [5.41, 5.74) is 0.972. The third-order valence-electron chi connectivity index (χ3n) is 5.26. The summed E-state index contributed by atoms with van der Waals surface area (Å²) in [6.45, 7) is 0.813. The molecule has 1 saturated heterocycles. The minimum atomic E-state index is 0.0639. The fourth-order valence-electron chi connectivity index (χ4n) is 4.09. The van der Waals surface area contributed by atoms with Crippen molar-refractivity contribution in [2.75, 3.05) is 11.4 Å². The Morgan fingerprint density at radius 2 is 1.71 bits per heavy atom. The van der Waals surface area contributed by atoms with Crippen molar-refractivity contribution in [1.82, 2.24) is 4.90 Å². The molecule has 1 heterocycles. The summed E-state index contributed by atoms with van der Waals surface area (Å²) in [4.78, 5) is 17.1.